The molecule has 3 nitrogen and oxygen atoms in total. The Morgan fingerprint density at radius 3 is 2.09 bits per heavy atom. The van der Waals surface area contributed by atoms with Crippen molar-refractivity contribution in [2.24, 2.45) is 0 Å². The Morgan fingerprint density at radius 2 is 1.50 bits per heavy atom. The van der Waals surface area contributed by atoms with Gasteiger partial charge in [-0.1, -0.05) is 36.4 Å². The third-order valence-electron chi connectivity index (χ3n) is 3.86. The molecule has 112 valence electrons. The van der Waals surface area contributed by atoms with Crippen molar-refractivity contribution in [3.63, 3.8) is 0 Å². The maximum Gasteiger partial charge on any atom is 0.185 e. The molecule has 0 aliphatic rings. The first kappa shape index (κ1) is 15.7. The lowest BCUT2D eigenvalue weighted by atomic mass is 10.00. The second kappa shape index (κ2) is 6.39. The van der Waals surface area contributed by atoms with Crippen LogP contribution in [0.4, 0.5) is 5.69 Å². The van der Waals surface area contributed by atoms with E-state index in [1.54, 1.807) is 36.4 Å². The molecule has 22 heavy (non-hydrogen) atoms. The van der Waals surface area contributed by atoms with Crippen LogP contribution in [0.15, 0.2) is 42.5 Å². The van der Waals surface area contributed by atoms with Crippen LogP contribution in [0, 0.1) is 13.8 Å². The molecule has 0 bridgehead atoms. The van der Waals surface area contributed by atoms with Crippen molar-refractivity contribution in [1.82, 2.24) is 0 Å². The summed E-state index contributed by atoms with van der Waals surface area (Å²) in [7, 11) is 0. The second-order valence-electron chi connectivity index (χ2n) is 5.33. The number of hydrogen-bond acceptors (Lipinski definition) is 3. The maximum absolute atomic E-state index is 12.2. The van der Waals surface area contributed by atoms with Crippen LogP contribution in [-0.4, -0.2) is 11.6 Å². The monoisotopic (exact) mass is 293 g/mol. The summed E-state index contributed by atoms with van der Waals surface area (Å²) in [5.41, 5.74) is 10.8. The largest absolute Gasteiger partial charge is 0.399 e. The van der Waals surface area contributed by atoms with E-state index in [0.29, 0.717) is 11.1 Å². The van der Waals surface area contributed by atoms with E-state index in [1.807, 2.05) is 26.0 Å². The summed E-state index contributed by atoms with van der Waals surface area (Å²) in [4.78, 5) is 23.4. The van der Waals surface area contributed by atoms with Crippen LogP contribution in [-0.2, 0) is 0 Å². The van der Waals surface area contributed by atoms with Crippen molar-refractivity contribution in [2.75, 3.05) is 5.73 Å². The quantitative estimate of drug-likeness (QED) is 0.527. The van der Waals surface area contributed by atoms with E-state index < -0.39 is 0 Å². The first-order valence-electron chi connectivity index (χ1n) is 7.09. The zero-order valence-corrected chi connectivity index (χ0v) is 13.0. The molecule has 0 aliphatic carbocycles. The van der Waals surface area contributed by atoms with E-state index in [2.05, 4.69) is 0 Å². The van der Waals surface area contributed by atoms with Gasteiger partial charge in [-0.2, -0.15) is 0 Å². The molecule has 0 fully saturated rings. The number of allylic oxidation sites excluding steroid dienone is 1. The number of nitrogen functional groups attached to an aromatic ring is 1. The number of Topliss-reactive ketones (excluding diaryl/α,β-unsaturated/α-hetero) is 1. The summed E-state index contributed by atoms with van der Waals surface area (Å²) in [5.74, 6) is -0.105. The molecular formula is C19H19NO2. The fraction of sp³-hybridized carbons (Fsp3) is 0.158. The van der Waals surface area contributed by atoms with Crippen LogP contribution in [0.1, 0.15) is 44.3 Å². The summed E-state index contributed by atoms with van der Waals surface area (Å²) in [5, 5.41) is 0. The van der Waals surface area contributed by atoms with Gasteiger partial charge in [0.1, 0.15) is 0 Å². The van der Waals surface area contributed by atoms with Gasteiger partial charge in [-0.05, 0) is 49.6 Å². The van der Waals surface area contributed by atoms with Gasteiger partial charge in [0.15, 0.2) is 11.6 Å². The van der Waals surface area contributed by atoms with Crippen molar-refractivity contribution in [3.05, 3.63) is 70.3 Å². The van der Waals surface area contributed by atoms with Gasteiger partial charge in [-0.25, -0.2) is 0 Å². The van der Waals surface area contributed by atoms with E-state index in [1.165, 1.54) is 6.92 Å². The second-order valence-corrected chi connectivity index (χ2v) is 5.33. The Labute approximate surface area is 130 Å². The van der Waals surface area contributed by atoms with Crippen molar-refractivity contribution in [1.29, 1.82) is 0 Å². The van der Waals surface area contributed by atoms with Crippen molar-refractivity contribution in [3.8, 4) is 0 Å². The lowest BCUT2D eigenvalue weighted by Crippen LogP contribution is -1.98. The molecule has 0 heterocycles. The van der Waals surface area contributed by atoms with E-state index in [9.17, 15) is 9.59 Å². The van der Waals surface area contributed by atoms with E-state index >= 15 is 0 Å². The van der Waals surface area contributed by atoms with E-state index in [0.717, 1.165) is 22.4 Å². The number of benzene rings is 2. The minimum absolute atomic E-state index is 0.0116. The van der Waals surface area contributed by atoms with E-state index in [4.69, 9.17) is 5.73 Å². The van der Waals surface area contributed by atoms with Gasteiger partial charge in [0, 0.05) is 16.8 Å². The Bertz CT molecular complexity index is 756. The SMILES string of the molecule is CC(=O)c1ccc(C(=O)C=Cc2ccc(N)c(C)c2C)cc1. The molecule has 0 aliphatic heterocycles. The molecular weight excluding hydrogens is 274 g/mol. The minimum Gasteiger partial charge on any atom is -0.399 e. The highest BCUT2D eigenvalue weighted by atomic mass is 16.1. The fourth-order valence-electron chi connectivity index (χ4n) is 2.17. The number of anilines is 1. The van der Waals surface area contributed by atoms with Crippen LogP contribution < -0.4 is 5.73 Å². The highest BCUT2D eigenvalue weighted by Gasteiger charge is 2.05. The third kappa shape index (κ3) is 3.31. The Morgan fingerprint density at radius 1 is 0.909 bits per heavy atom. The third-order valence-corrected chi connectivity index (χ3v) is 3.86. The van der Waals surface area contributed by atoms with Gasteiger partial charge in [0.05, 0.1) is 0 Å². The summed E-state index contributed by atoms with van der Waals surface area (Å²) >= 11 is 0. The molecule has 0 aromatic heterocycles. The van der Waals surface area contributed by atoms with Crippen LogP contribution >= 0.6 is 0 Å². The Kier molecular flexibility index (Phi) is 4.56. The number of carbonyl (C=O) groups is 2. The molecule has 3 heteroatoms. The van der Waals surface area contributed by atoms with Crippen LogP contribution in [0.3, 0.4) is 0 Å². The molecule has 2 aromatic carbocycles. The molecule has 0 saturated heterocycles. The van der Waals surface area contributed by atoms with Crippen LogP contribution in [0.2, 0.25) is 0 Å². The molecule has 0 radical (unpaired) electrons. The molecule has 0 saturated carbocycles. The van der Waals surface area contributed by atoms with Crippen LogP contribution in [0.5, 0.6) is 0 Å². The Hall–Kier alpha value is -2.68. The number of ketones is 2. The van der Waals surface area contributed by atoms with E-state index in [-0.39, 0.29) is 11.6 Å². The summed E-state index contributed by atoms with van der Waals surface area (Å²) < 4.78 is 0. The predicted molar refractivity (Wildman–Crippen MR) is 90.1 cm³/mol. The van der Waals surface area contributed by atoms with Gasteiger partial charge in [-0.15, -0.1) is 0 Å². The van der Waals surface area contributed by atoms with Crippen molar-refractivity contribution < 1.29 is 9.59 Å². The van der Waals surface area contributed by atoms with Crippen molar-refractivity contribution >= 4 is 23.3 Å². The molecule has 0 spiro atoms. The van der Waals surface area contributed by atoms with Gasteiger partial charge in [-0.3, -0.25) is 9.59 Å². The normalized spacial score (nSPS) is 10.9. The molecule has 2 aromatic rings. The average Bonchev–Trinajstić information content (AvgIpc) is 2.51. The average molecular weight is 293 g/mol. The number of hydrogen-bond donors (Lipinski definition) is 1. The topological polar surface area (TPSA) is 60.2 Å². The molecule has 0 unspecified atom stereocenters. The summed E-state index contributed by atoms with van der Waals surface area (Å²) in [6.45, 7) is 5.45. The molecule has 0 amide bonds. The molecule has 0 atom stereocenters. The predicted octanol–water partition coefficient (Wildman–Crippen LogP) is 3.98. The summed E-state index contributed by atoms with van der Waals surface area (Å²) in [6, 6.07) is 10.4. The number of nitrogens with two attached hydrogens (primary N) is 1. The fourth-order valence-corrected chi connectivity index (χ4v) is 2.17. The first-order valence-corrected chi connectivity index (χ1v) is 7.09. The van der Waals surface area contributed by atoms with Gasteiger partial charge in [0.2, 0.25) is 0 Å². The van der Waals surface area contributed by atoms with Gasteiger partial charge >= 0.3 is 0 Å². The van der Waals surface area contributed by atoms with Gasteiger partial charge in [0.25, 0.3) is 0 Å². The zero-order chi connectivity index (χ0) is 16.3. The van der Waals surface area contributed by atoms with Gasteiger partial charge < -0.3 is 5.73 Å². The van der Waals surface area contributed by atoms with Crippen LogP contribution in [0.25, 0.3) is 6.08 Å². The smallest absolute Gasteiger partial charge is 0.185 e. The lowest BCUT2D eigenvalue weighted by molar-refractivity contribution is 0.101. The standard InChI is InChI=1S/C19H19NO2/c1-12-13(2)18(20)10-8-15(12)9-11-19(22)17-6-4-16(5-7-17)14(3)21/h4-11H,20H2,1-3H3. The minimum atomic E-state index is -0.0935. The highest BCUT2D eigenvalue weighted by molar-refractivity contribution is 6.07. The molecule has 2 N–H and O–H groups in total. The zero-order valence-electron chi connectivity index (χ0n) is 13.0. The first-order chi connectivity index (χ1) is 10.4. The summed E-state index contributed by atoms with van der Waals surface area (Å²) in [6.07, 6.45) is 3.34. The molecule has 2 rings (SSSR count). The lowest BCUT2D eigenvalue weighted by Gasteiger charge is -2.07. The van der Waals surface area contributed by atoms with Crippen molar-refractivity contribution in [2.45, 2.75) is 20.8 Å². The number of carbonyl (C=O) groups excluding carboxylic acids is 2. The Balaban J connectivity index is 2.21. The number of rotatable bonds is 4. The maximum atomic E-state index is 12.2. The highest BCUT2D eigenvalue weighted by Crippen LogP contribution is 2.20.